The fourth-order valence-corrected chi connectivity index (χ4v) is 5.84. The van der Waals surface area contributed by atoms with E-state index in [1.807, 2.05) is 39.2 Å². The van der Waals surface area contributed by atoms with Crippen molar-refractivity contribution in [2.75, 3.05) is 52.8 Å². The second-order valence-electron chi connectivity index (χ2n) is 8.62. The largest absolute Gasteiger partial charge is 0.494 e. The summed E-state index contributed by atoms with van der Waals surface area (Å²) in [5, 5.41) is 0.587. The van der Waals surface area contributed by atoms with Crippen LogP contribution in [0.15, 0.2) is 47.4 Å². The highest BCUT2D eigenvalue weighted by molar-refractivity contribution is 7.89. The van der Waals surface area contributed by atoms with Gasteiger partial charge in [0.2, 0.25) is 10.0 Å². The smallest absolute Gasteiger partial charge is 0.260 e. The van der Waals surface area contributed by atoms with Crippen molar-refractivity contribution in [1.82, 2.24) is 14.2 Å². The van der Waals surface area contributed by atoms with Crippen LogP contribution in [0.3, 0.4) is 0 Å². The van der Waals surface area contributed by atoms with Crippen molar-refractivity contribution >= 4 is 42.6 Å². The minimum Gasteiger partial charge on any atom is -0.494 e. The van der Waals surface area contributed by atoms with Crippen LogP contribution in [0.5, 0.6) is 5.75 Å². The Morgan fingerprint density at radius 3 is 2.34 bits per heavy atom. The van der Waals surface area contributed by atoms with Gasteiger partial charge in [-0.05, 0) is 69.9 Å². The molecule has 0 saturated carbocycles. The Hall–Kier alpha value is -2.53. The molecule has 0 unspecified atom stereocenters. The fraction of sp³-hybridized carbons (Fsp3) is 0.440. The van der Waals surface area contributed by atoms with Crippen molar-refractivity contribution < 1.29 is 17.9 Å². The molecular formula is C25H34N4O4S2. The Kier molecular flexibility index (Phi) is 9.23. The molecule has 1 amide bonds. The van der Waals surface area contributed by atoms with E-state index in [1.54, 1.807) is 31.2 Å². The van der Waals surface area contributed by atoms with Gasteiger partial charge in [0.15, 0.2) is 5.13 Å². The summed E-state index contributed by atoms with van der Waals surface area (Å²) in [6.07, 6.45) is 2.47. The molecule has 0 aliphatic rings. The molecule has 0 saturated heterocycles. The number of rotatable bonds is 12. The lowest BCUT2D eigenvalue weighted by atomic mass is 10.2. The van der Waals surface area contributed by atoms with Crippen molar-refractivity contribution in [3.8, 4) is 5.75 Å². The third-order valence-corrected chi connectivity index (χ3v) is 8.60. The number of sulfonamides is 1. The van der Waals surface area contributed by atoms with Crippen LogP contribution in [-0.2, 0) is 10.0 Å². The van der Waals surface area contributed by atoms with Crippen LogP contribution < -0.4 is 9.64 Å². The Balaban J connectivity index is 1.90. The fourth-order valence-electron chi connectivity index (χ4n) is 3.63. The highest BCUT2D eigenvalue weighted by Gasteiger charge is 2.24. The minimum atomic E-state index is -3.60. The second kappa shape index (κ2) is 11.9. The van der Waals surface area contributed by atoms with E-state index in [9.17, 15) is 13.2 Å². The molecule has 0 radical (unpaired) electrons. The molecule has 0 bridgehead atoms. The molecule has 10 heteroatoms. The molecule has 1 heterocycles. The summed E-state index contributed by atoms with van der Waals surface area (Å²) in [6, 6.07) is 11.9. The normalized spacial score (nSPS) is 12.0. The van der Waals surface area contributed by atoms with Crippen LogP contribution in [-0.4, -0.2) is 76.4 Å². The second-order valence-corrected chi connectivity index (χ2v) is 11.7. The summed E-state index contributed by atoms with van der Waals surface area (Å²) in [5.41, 5.74) is 1.13. The molecular weight excluding hydrogens is 484 g/mol. The van der Waals surface area contributed by atoms with E-state index in [0.29, 0.717) is 29.5 Å². The van der Waals surface area contributed by atoms with Gasteiger partial charge >= 0.3 is 0 Å². The third-order valence-electron chi connectivity index (χ3n) is 5.69. The molecule has 2 aromatic carbocycles. The summed E-state index contributed by atoms with van der Waals surface area (Å²) in [5.74, 6) is 0.442. The molecule has 0 atom stereocenters. The number of carbonyl (C=O) groups is 1. The summed E-state index contributed by atoms with van der Waals surface area (Å²) >= 11 is 1.43. The van der Waals surface area contributed by atoms with Gasteiger partial charge < -0.3 is 9.64 Å². The number of unbranched alkanes of at least 4 members (excludes halogenated alkanes) is 1. The van der Waals surface area contributed by atoms with Gasteiger partial charge in [-0.25, -0.2) is 17.7 Å². The average molecular weight is 519 g/mol. The van der Waals surface area contributed by atoms with Crippen molar-refractivity contribution in [3.63, 3.8) is 0 Å². The van der Waals surface area contributed by atoms with Crippen LogP contribution in [0.25, 0.3) is 10.2 Å². The number of ether oxygens (including phenoxy) is 1. The van der Waals surface area contributed by atoms with Crippen LogP contribution >= 0.6 is 11.3 Å². The van der Waals surface area contributed by atoms with E-state index in [-0.39, 0.29) is 10.8 Å². The Morgan fingerprint density at radius 1 is 1.00 bits per heavy atom. The predicted octanol–water partition coefficient (Wildman–Crippen LogP) is 4.32. The monoisotopic (exact) mass is 518 g/mol. The molecule has 190 valence electrons. The first-order chi connectivity index (χ1) is 16.7. The van der Waals surface area contributed by atoms with Crippen molar-refractivity contribution in [2.45, 2.75) is 31.1 Å². The zero-order chi connectivity index (χ0) is 25.6. The van der Waals surface area contributed by atoms with Gasteiger partial charge in [-0.3, -0.25) is 9.69 Å². The van der Waals surface area contributed by atoms with E-state index in [2.05, 4.69) is 4.90 Å². The number of carbonyl (C=O) groups excluding carboxylic acids is 1. The number of aromatic nitrogens is 1. The van der Waals surface area contributed by atoms with E-state index in [0.717, 1.165) is 36.0 Å². The number of para-hydroxylation sites is 1. The maximum absolute atomic E-state index is 13.6. The summed E-state index contributed by atoms with van der Waals surface area (Å²) in [6.45, 7) is 3.78. The molecule has 0 N–H and O–H groups in total. The maximum Gasteiger partial charge on any atom is 0.260 e. The van der Waals surface area contributed by atoms with Crippen molar-refractivity contribution in [3.05, 3.63) is 48.0 Å². The van der Waals surface area contributed by atoms with Gasteiger partial charge in [0.25, 0.3) is 5.91 Å². The minimum absolute atomic E-state index is 0.177. The number of amides is 1. The lowest BCUT2D eigenvalue weighted by molar-refractivity contribution is 0.0986. The van der Waals surface area contributed by atoms with Gasteiger partial charge in [-0.15, -0.1) is 0 Å². The Labute approximate surface area is 212 Å². The topological polar surface area (TPSA) is 83.1 Å². The molecule has 1 aromatic heterocycles. The van der Waals surface area contributed by atoms with Gasteiger partial charge in [-0.2, -0.15) is 0 Å². The maximum atomic E-state index is 13.6. The lowest BCUT2D eigenvalue weighted by Gasteiger charge is -2.21. The molecule has 8 nitrogen and oxygen atoms in total. The quantitative estimate of drug-likeness (QED) is 0.355. The first-order valence-electron chi connectivity index (χ1n) is 11.7. The summed E-state index contributed by atoms with van der Waals surface area (Å²) in [4.78, 5) is 22.2. The third kappa shape index (κ3) is 6.38. The first-order valence-corrected chi connectivity index (χ1v) is 13.9. The first kappa shape index (κ1) is 27.1. The molecule has 0 aliphatic carbocycles. The predicted molar refractivity (Wildman–Crippen MR) is 142 cm³/mol. The van der Waals surface area contributed by atoms with Gasteiger partial charge in [-0.1, -0.05) is 30.7 Å². The lowest BCUT2D eigenvalue weighted by Crippen LogP contribution is -2.33. The van der Waals surface area contributed by atoms with Crippen molar-refractivity contribution in [2.24, 2.45) is 0 Å². The molecule has 3 rings (SSSR count). The number of fused-ring (bicyclic) bond motifs is 1. The number of methoxy groups -OCH3 is 1. The number of hydrogen-bond acceptors (Lipinski definition) is 7. The van der Waals surface area contributed by atoms with E-state index in [1.165, 1.54) is 27.8 Å². The van der Waals surface area contributed by atoms with Crippen LogP contribution in [0.4, 0.5) is 5.13 Å². The molecule has 0 spiro atoms. The highest BCUT2D eigenvalue weighted by Crippen LogP contribution is 2.34. The number of thiazole rings is 1. The van der Waals surface area contributed by atoms with E-state index in [4.69, 9.17) is 9.72 Å². The number of benzene rings is 2. The van der Waals surface area contributed by atoms with Crippen LogP contribution in [0, 0.1) is 0 Å². The summed E-state index contributed by atoms with van der Waals surface area (Å²) in [7, 11) is 3.57. The van der Waals surface area contributed by atoms with E-state index < -0.39 is 10.0 Å². The van der Waals surface area contributed by atoms with E-state index >= 15 is 0 Å². The van der Waals surface area contributed by atoms with Gasteiger partial charge in [0.1, 0.15) is 11.3 Å². The Bertz CT molecular complexity index is 1240. The zero-order valence-electron chi connectivity index (χ0n) is 21.0. The zero-order valence-corrected chi connectivity index (χ0v) is 22.7. The number of nitrogens with zero attached hydrogens (tertiary/aromatic N) is 4. The molecule has 0 aliphatic heterocycles. The Morgan fingerprint density at radius 2 is 1.71 bits per heavy atom. The van der Waals surface area contributed by atoms with Gasteiger partial charge in [0, 0.05) is 25.7 Å². The molecule has 0 fully saturated rings. The number of hydrogen-bond donors (Lipinski definition) is 0. The number of anilines is 1. The average Bonchev–Trinajstić information content (AvgIpc) is 3.28. The molecule has 35 heavy (non-hydrogen) atoms. The standard InChI is InChI=1S/C25H34N4O4S2/c1-6-7-17-28(4)35(31,32)20-14-12-19(13-15-20)24(30)29(18-9-16-27(2)3)25-26-23-21(33-5)10-8-11-22(23)34-25/h8,10-15H,6-7,9,16-18H2,1-5H3. The SMILES string of the molecule is CCCCN(C)S(=O)(=O)c1ccc(C(=O)N(CCCN(C)C)c2nc3c(OC)cccc3s2)cc1. The van der Waals surface area contributed by atoms with Crippen LogP contribution in [0.2, 0.25) is 0 Å². The summed E-state index contributed by atoms with van der Waals surface area (Å²) < 4.78 is 33.4. The van der Waals surface area contributed by atoms with Crippen molar-refractivity contribution in [1.29, 1.82) is 0 Å². The van der Waals surface area contributed by atoms with Crippen LogP contribution in [0.1, 0.15) is 36.5 Å². The highest BCUT2D eigenvalue weighted by atomic mass is 32.2. The molecule has 3 aromatic rings. The van der Waals surface area contributed by atoms with Gasteiger partial charge in [0.05, 0.1) is 16.7 Å².